The van der Waals surface area contributed by atoms with E-state index in [1.54, 1.807) is 6.07 Å². The minimum atomic E-state index is -0.155. The second-order valence-corrected chi connectivity index (χ2v) is 7.85. The summed E-state index contributed by atoms with van der Waals surface area (Å²) in [6, 6.07) is 7.29. The van der Waals surface area contributed by atoms with Gasteiger partial charge in [0.1, 0.15) is 12.4 Å². The summed E-state index contributed by atoms with van der Waals surface area (Å²) in [5.74, 6) is 1.94. The van der Waals surface area contributed by atoms with E-state index in [0.717, 1.165) is 21.9 Å². The predicted molar refractivity (Wildman–Crippen MR) is 101 cm³/mol. The lowest BCUT2D eigenvalue weighted by molar-refractivity contribution is 0.103. The number of thiophene rings is 1. The van der Waals surface area contributed by atoms with Crippen LogP contribution < -0.4 is 19.5 Å². The van der Waals surface area contributed by atoms with Gasteiger partial charge in [0, 0.05) is 16.5 Å². The van der Waals surface area contributed by atoms with Crippen LogP contribution in [0.4, 0.5) is 5.13 Å². The summed E-state index contributed by atoms with van der Waals surface area (Å²) >= 11 is 2.86. The number of benzene rings is 1. The number of nitrogens with one attached hydrogen (secondary N) is 1. The molecule has 4 rings (SSSR count). The fourth-order valence-electron chi connectivity index (χ4n) is 2.39. The summed E-state index contributed by atoms with van der Waals surface area (Å²) in [4.78, 5) is 18.4. The zero-order chi connectivity index (χ0) is 18.1. The van der Waals surface area contributed by atoms with Crippen LogP contribution in [0.2, 0.25) is 0 Å². The van der Waals surface area contributed by atoms with Gasteiger partial charge < -0.3 is 14.2 Å². The fraction of sp³-hybridized carbons (Fsp3) is 0.222. The molecule has 0 spiro atoms. The first-order chi connectivity index (χ1) is 12.6. The number of thiazole rings is 1. The molecule has 0 fully saturated rings. The van der Waals surface area contributed by atoms with Gasteiger partial charge in [-0.05, 0) is 37.4 Å². The maximum atomic E-state index is 12.3. The van der Waals surface area contributed by atoms with Crippen LogP contribution in [0.1, 0.15) is 25.8 Å². The molecule has 0 saturated heterocycles. The third kappa shape index (κ3) is 3.51. The van der Waals surface area contributed by atoms with Crippen molar-refractivity contribution < 1.29 is 19.0 Å². The highest BCUT2D eigenvalue weighted by Gasteiger charge is 2.15. The van der Waals surface area contributed by atoms with Crippen molar-refractivity contribution in [3.05, 3.63) is 50.7 Å². The van der Waals surface area contributed by atoms with Crippen LogP contribution in [0.25, 0.3) is 0 Å². The van der Waals surface area contributed by atoms with Crippen LogP contribution in [0.15, 0.2) is 29.6 Å². The lowest BCUT2D eigenvalue weighted by Gasteiger charge is -2.05. The molecule has 134 valence electrons. The summed E-state index contributed by atoms with van der Waals surface area (Å²) in [5.41, 5.74) is 1.87. The van der Waals surface area contributed by atoms with Crippen LogP contribution in [0.5, 0.6) is 17.2 Å². The number of nitrogens with zero attached hydrogens (tertiary/aromatic N) is 1. The van der Waals surface area contributed by atoms with Crippen molar-refractivity contribution in [2.24, 2.45) is 0 Å². The summed E-state index contributed by atoms with van der Waals surface area (Å²) in [5, 5.41) is 5.38. The molecular weight excluding hydrogens is 372 g/mol. The van der Waals surface area contributed by atoms with Gasteiger partial charge in [0.2, 0.25) is 6.79 Å². The number of aryl methyl sites for hydroxylation is 2. The van der Waals surface area contributed by atoms with Gasteiger partial charge in [-0.25, -0.2) is 4.98 Å². The molecule has 0 unspecified atom stereocenters. The zero-order valence-electron chi connectivity index (χ0n) is 14.2. The van der Waals surface area contributed by atoms with Gasteiger partial charge in [0.25, 0.3) is 5.91 Å². The Balaban J connectivity index is 1.37. The molecule has 0 atom stereocenters. The van der Waals surface area contributed by atoms with E-state index in [9.17, 15) is 4.79 Å². The molecule has 8 heteroatoms. The molecule has 1 aliphatic heterocycles. The summed E-state index contributed by atoms with van der Waals surface area (Å²) in [7, 11) is 0. The Morgan fingerprint density at radius 1 is 1.27 bits per heavy atom. The highest BCUT2D eigenvalue weighted by molar-refractivity contribution is 7.16. The Bertz CT molecular complexity index is 945. The van der Waals surface area contributed by atoms with E-state index in [-0.39, 0.29) is 12.7 Å². The maximum Gasteiger partial charge on any atom is 0.267 e. The topological polar surface area (TPSA) is 69.7 Å². The number of ether oxygens (including phenoxy) is 3. The van der Waals surface area contributed by atoms with Crippen molar-refractivity contribution in [2.75, 3.05) is 12.1 Å². The number of fused-ring (bicyclic) bond motifs is 1. The predicted octanol–water partition coefficient (Wildman–Crippen LogP) is 4.38. The van der Waals surface area contributed by atoms with Crippen molar-refractivity contribution in [2.45, 2.75) is 20.5 Å². The maximum absolute atomic E-state index is 12.3. The Morgan fingerprint density at radius 3 is 2.92 bits per heavy atom. The van der Waals surface area contributed by atoms with Gasteiger partial charge >= 0.3 is 0 Å². The Morgan fingerprint density at radius 2 is 2.12 bits per heavy atom. The first kappa shape index (κ1) is 16.9. The normalized spacial score (nSPS) is 12.2. The van der Waals surface area contributed by atoms with Gasteiger partial charge in [0.15, 0.2) is 16.6 Å². The monoisotopic (exact) mass is 388 g/mol. The first-order valence-corrected chi connectivity index (χ1v) is 9.63. The summed E-state index contributed by atoms with van der Waals surface area (Å²) in [6.45, 7) is 4.52. The molecule has 3 heterocycles. The van der Waals surface area contributed by atoms with E-state index < -0.39 is 0 Å². The molecule has 0 bridgehead atoms. The lowest BCUT2D eigenvalue weighted by atomic mass is 10.3. The largest absolute Gasteiger partial charge is 0.489 e. The molecule has 0 saturated carbocycles. The molecule has 26 heavy (non-hydrogen) atoms. The van der Waals surface area contributed by atoms with Gasteiger partial charge in [-0.15, -0.1) is 22.7 Å². The van der Waals surface area contributed by atoms with Crippen LogP contribution in [-0.4, -0.2) is 17.7 Å². The highest BCUT2D eigenvalue weighted by atomic mass is 32.1. The van der Waals surface area contributed by atoms with Crippen molar-refractivity contribution in [1.82, 2.24) is 4.98 Å². The van der Waals surface area contributed by atoms with Crippen LogP contribution in [0, 0.1) is 13.8 Å². The van der Waals surface area contributed by atoms with Gasteiger partial charge in [-0.3, -0.25) is 10.1 Å². The number of rotatable bonds is 5. The molecule has 1 N–H and O–H groups in total. The number of carbonyl (C=O) groups excluding carboxylic acids is 1. The molecule has 0 aliphatic carbocycles. The van der Waals surface area contributed by atoms with Crippen molar-refractivity contribution >= 4 is 33.7 Å². The summed E-state index contributed by atoms with van der Waals surface area (Å²) in [6.07, 6.45) is 0. The van der Waals surface area contributed by atoms with Crippen LogP contribution in [0.3, 0.4) is 0 Å². The second-order valence-electron chi connectivity index (χ2n) is 5.74. The Hall–Kier alpha value is -2.58. The SMILES string of the molecule is Cc1nc(NC(=O)c2cc(COc3ccc4c(c3)OCO4)cs2)sc1C. The number of hydrogen-bond acceptors (Lipinski definition) is 7. The van der Waals surface area contributed by atoms with Crippen molar-refractivity contribution in [3.8, 4) is 17.2 Å². The van der Waals surface area contributed by atoms with Gasteiger partial charge in [-0.1, -0.05) is 0 Å². The molecule has 3 aromatic rings. The van der Waals surface area contributed by atoms with E-state index in [4.69, 9.17) is 14.2 Å². The third-order valence-electron chi connectivity index (χ3n) is 3.88. The smallest absolute Gasteiger partial charge is 0.267 e. The number of carbonyl (C=O) groups is 1. The van der Waals surface area contributed by atoms with Crippen LogP contribution >= 0.6 is 22.7 Å². The number of anilines is 1. The lowest BCUT2D eigenvalue weighted by Crippen LogP contribution is -2.09. The minimum Gasteiger partial charge on any atom is -0.489 e. The third-order valence-corrected chi connectivity index (χ3v) is 5.84. The van der Waals surface area contributed by atoms with E-state index in [1.165, 1.54) is 22.7 Å². The van der Waals surface area contributed by atoms with Crippen molar-refractivity contribution in [3.63, 3.8) is 0 Å². The number of amides is 1. The Labute approximate surface area is 158 Å². The standard InChI is InChI=1S/C18H16N2O4S2/c1-10-11(2)26-18(19-10)20-17(21)16-5-12(8-25-16)7-22-13-3-4-14-15(6-13)24-9-23-14/h3-6,8H,7,9H2,1-2H3,(H,19,20,21). The molecule has 1 aliphatic rings. The molecular formula is C18H16N2O4S2. The average molecular weight is 388 g/mol. The van der Waals surface area contributed by atoms with Crippen molar-refractivity contribution in [1.29, 1.82) is 0 Å². The molecule has 6 nitrogen and oxygen atoms in total. The van der Waals surface area contributed by atoms with E-state index >= 15 is 0 Å². The number of hydrogen-bond donors (Lipinski definition) is 1. The van der Waals surface area contributed by atoms with Gasteiger partial charge in [0.05, 0.1) is 10.6 Å². The first-order valence-electron chi connectivity index (χ1n) is 7.94. The second kappa shape index (κ2) is 6.97. The highest BCUT2D eigenvalue weighted by Crippen LogP contribution is 2.35. The minimum absolute atomic E-state index is 0.155. The summed E-state index contributed by atoms with van der Waals surface area (Å²) < 4.78 is 16.4. The van der Waals surface area contributed by atoms with E-state index in [2.05, 4.69) is 10.3 Å². The van der Waals surface area contributed by atoms with E-state index in [1.807, 2.05) is 37.4 Å². The van der Waals surface area contributed by atoms with Gasteiger partial charge in [-0.2, -0.15) is 0 Å². The average Bonchev–Trinajstić information content (AvgIpc) is 3.33. The zero-order valence-corrected chi connectivity index (χ0v) is 15.8. The molecule has 0 radical (unpaired) electrons. The fourth-order valence-corrected chi connectivity index (χ4v) is 3.99. The van der Waals surface area contributed by atoms with E-state index in [0.29, 0.717) is 28.1 Å². The quantitative estimate of drug-likeness (QED) is 0.702. The Kier molecular flexibility index (Phi) is 4.52. The molecule has 2 aromatic heterocycles. The number of aromatic nitrogens is 1. The molecule has 1 amide bonds. The van der Waals surface area contributed by atoms with Crippen LogP contribution in [-0.2, 0) is 6.61 Å². The molecule has 1 aromatic carbocycles.